The molecule has 1 aromatic rings. The third-order valence-electron chi connectivity index (χ3n) is 2.54. The Bertz CT molecular complexity index is 489. The molecule has 0 radical (unpaired) electrons. The van der Waals surface area contributed by atoms with E-state index >= 15 is 0 Å². The van der Waals surface area contributed by atoms with E-state index in [4.69, 9.17) is 9.47 Å². The van der Waals surface area contributed by atoms with Crippen LogP contribution in [-0.4, -0.2) is 31.6 Å². The van der Waals surface area contributed by atoms with Gasteiger partial charge in [0.25, 0.3) is 0 Å². The Morgan fingerprint density at radius 2 is 1.67 bits per heavy atom. The van der Waals surface area contributed by atoms with Crippen LogP contribution in [0.5, 0.6) is 11.5 Å². The Morgan fingerprint density at radius 1 is 1.00 bits per heavy atom. The summed E-state index contributed by atoms with van der Waals surface area (Å²) in [5.74, 6) is -0.211. The van der Waals surface area contributed by atoms with Gasteiger partial charge in [-0.3, -0.25) is 9.59 Å². The van der Waals surface area contributed by atoms with Crippen LogP contribution in [0.1, 0.15) is 27.2 Å². The molecule has 0 aliphatic carbocycles. The van der Waals surface area contributed by atoms with E-state index in [2.05, 4.69) is 10.6 Å². The monoisotopic (exact) mass is 294 g/mol. The molecule has 0 aliphatic heterocycles. The average Bonchev–Trinajstić information content (AvgIpc) is 2.47. The summed E-state index contributed by atoms with van der Waals surface area (Å²) >= 11 is 0. The fourth-order valence-electron chi connectivity index (χ4n) is 1.64. The summed E-state index contributed by atoms with van der Waals surface area (Å²) in [5, 5.41) is 5.05. The van der Waals surface area contributed by atoms with Gasteiger partial charge < -0.3 is 20.1 Å². The molecule has 0 aliphatic rings. The van der Waals surface area contributed by atoms with Crippen LogP contribution in [0.4, 0.5) is 5.69 Å². The lowest BCUT2D eigenvalue weighted by molar-refractivity contribution is -0.136. The Balaban J connectivity index is 2.77. The Labute approximate surface area is 124 Å². The molecule has 0 bridgehead atoms. The van der Waals surface area contributed by atoms with E-state index in [-0.39, 0.29) is 0 Å². The highest BCUT2D eigenvalue weighted by atomic mass is 16.5. The highest BCUT2D eigenvalue weighted by Crippen LogP contribution is 2.30. The van der Waals surface area contributed by atoms with Gasteiger partial charge in [0, 0.05) is 18.3 Å². The van der Waals surface area contributed by atoms with E-state index < -0.39 is 11.8 Å². The fourth-order valence-corrected chi connectivity index (χ4v) is 1.64. The number of nitrogens with one attached hydrogen (secondary N) is 2. The van der Waals surface area contributed by atoms with E-state index in [0.717, 1.165) is 6.42 Å². The first kappa shape index (κ1) is 16.8. The maximum Gasteiger partial charge on any atom is 0.313 e. The molecule has 2 amide bonds. The third-order valence-corrected chi connectivity index (χ3v) is 2.54. The summed E-state index contributed by atoms with van der Waals surface area (Å²) in [7, 11) is 0. The molecular weight excluding hydrogens is 272 g/mol. The predicted octanol–water partition coefficient (Wildman–Crippen LogP) is 1.95. The van der Waals surface area contributed by atoms with Gasteiger partial charge in [-0.1, -0.05) is 6.92 Å². The van der Waals surface area contributed by atoms with E-state index in [0.29, 0.717) is 36.9 Å². The van der Waals surface area contributed by atoms with Crippen LogP contribution >= 0.6 is 0 Å². The quantitative estimate of drug-likeness (QED) is 0.754. The summed E-state index contributed by atoms with van der Waals surface area (Å²) in [6.07, 6.45) is 0.774. The first-order valence-electron chi connectivity index (χ1n) is 7.11. The molecule has 0 spiro atoms. The maximum atomic E-state index is 11.7. The minimum Gasteiger partial charge on any atom is -0.490 e. The van der Waals surface area contributed by atoms with Gasteiger partial charge in [0.05, 0.1) is 13.2 Å². The minimum absolute atomic E-state index is 0.472. The summed E-state index contributed by atoms with van der Waals surface area (Å²) in [4.78, 5) is 23.2. The smallest absolute Gasteiger partial charge is 0.313 e. The van der Waals surface area contributed by atoms with Gasteiger partial charge in [-0.05, 0) is 32.4 Å². The second kappa shape index (κ2) is 8.84. The van der Waals surface area contributed by atoms with Crippen molar-refractivity contribution >= 4 is 17.5 Å². The average molecular weight is 294 g/mol. The van der Waals surface area contributed by atoms with Crippen molar-refractivity contribution in [2.75, 3.05) is 25.1 Å². The number of amides is 2. The lowest BCUT2D eigenvalue weighted by Crippen LogP contribution is -2.35. The van der Waals surface area contributed by atoms with Crippen molar-refractivity contribution in [3.8, 4) is 11.5 Å². The van der Waals surface area contributed by atoms with E-state index in [1.165, 1.54) is 0 Å². The van der Waals surface area contributed by atoms with Crippen LogP contribution in [0.2, 0.25) is 0 Å². The zero-order valence-electron chi connectivity index (χ0n) is 12.7. The number of ether oxygens (including phenoxy) is 2. The molecule has 21 heavy (non-hydrogen) atoms. The highest BCUT2D eigenvalue weighted by Gasteiger charge is 2.14. The fraction of sp³-hybridized carbons (Fsp3) is 0.467. The first-order valence-corrected chi connectivity index (χ1v) is 7.11. The van der Waals surface area contributed by atoms with Crippen LogP contribution in [0, 0.1) is 0 Å². The lowest BCUT2D eigenvalue weighted by Gasteiger charge is -2.13. The molecule has 1 aromatic carbocycles. The van der Waals surface area contributed by atoms with Gasteiger partial charge in [-0.15, -0.1) is 0 Å². The molecule has 116 valence electrons. The molecular formula is C15H22N2O4. The Hall–Kier alpha value is -2.24. The van der Waals surface area contributed by atoms with Crippen LogP contribution in [0.3, 0.4) is 0 Å². The van der Waals surface area contributed by atoms with Gasteiger partial charge in [0.15, 0.2) is 11.5 Å². The predicted molar refractivity (Wildman–Crippen MR) is 80.7 cm³/mol. The second-order valence-electron chi connectivity index (χ2n) is 4.24. The molecule has 0 saturated heterocycles. The number of benzene rings is 1. The number of hydrogen-bond acceptors (Lipinski definition) is 4. The van der Waals surface area contributed by atoms with Crippen molar-refractivity contribution in [2.45, 2.75) is 27.2 Å². The zero-order valence-corrected chi connectivity index (χ0v) is 12.7. The Kier molecular flexibility index (Phi) is 7.08. The van der Waals surface area contributed by atoms with Gasteiger partial charge in [0.1, 0.15) is 0 Å². The lowest BCUT2D eigenvalue weighted by atomic mass is 10.2. The molecule has 0 atom stereocenters. The minimum atomic E-state index is -0.699. The number of hydrogen-bond donors (Lipinski definition) is 2. The standard InChI is InChI=1S/C15H22N2O4/c1-4-9-16-14(18)15(19)17-11-7-8-12(20-5-2)13(10-11)21-6-3/h7-8,10H,4-6,9H2,1-3H3,(H,16,18)(H,17,19). The zero-order chi connectivity index (χ0) is 15.7. The van der Waals surface area contributed by atoms with Gasteiger partial charge >= 0.3 is 11.8 Å². The molecule has 2 N–H and O–H groups in total. The topological polar surface area (TPSA) is 76.7 Å². The second-order valence-corrected chi connectivity index (χ2v) is 4.24. The molecule has 0 aromatic heterocycles. The summed E-state index contributed by atoms with van der Waals surface area (Å²) in [5.41, 5.74) is 0.485. The van der Waals surface area contributed by atoms with Crippen molar-refractivity contribution in [3.05, 3.63) is 18.2 Å². The third kappa shape index (κ3) is 5.33. The van der Waals surface area contributed by atoms with Crippen LogP contribution < -0.4 is 20.1 Å². The van der Waals surface area contributed by atoms with Gasteiger partial charge in [-0.25, -0.2) is 0 Å². The molecule has 0 unspecified atom stereocenters. The van der Waals surface area contributed by atoms with E-state index in [1.54, 1.807) is 18.2 Å². The molecule has 1 rings (SSSR count). The molecule has 0 fully saturated rings. The van der Waals surface area contributed by atoms with E-state index in [1.807, 2.05) is 20.8 Å². The number of carbonyl (C=O) groups excluding carboxylic acids is 2. The molecule has 6 heteroatoms. The molecule has 6 nitrogen and oxygen atoms in total. The maximum absolute atomic E-state index is 11.7. The number of carbonyl (C=O) groups is 2. The van der Waals surface area contributed by atoms with Crippen LogP contribution in [0.15, 0.2) is 18.2 Å². The van der Waals surface area contributed by atoms with Gasteiger partial charge in [-0.2, -0.15) is 0 Å². The van der Waals surface area contributed by atoms with Crippen molar-refractivity contribution < 1.29 is 19.1 Å². The normalized spacial score (nSPS) is 9.86. The summed E-state index contributed by atoms with van der Waals surface area (Å²) in [6, 6.07) is 5.01. The SMILES string of the molecule is CCCNC(=O)C(=O)Nc1ccc(OCC)c(OCC)c1. The van der Waals surface area contributed by atoms with Crippen LogP contribution in [-0.2, 0) is 9.59 Å². The van der Waals surface area contributed by atoms with Crippen molar-refractivity contribution in [1.82, 2.24) is 5.32 Å². The first-order chi connectivity index (χ1) is 10.1. The largest absolute Gasteiger partial charge is 0.490 e. The summed E-state index contributed by atoms with van der Waals surface area (Å²) in [6.45, 7) is 7.13. The summed E-state index contributed by atoms with van der Waals surface area (Å²) < 4.78 is 10.9. The number of rotatable bonds is 7. The van der Waals surface area contributed by atoms with Gasteiger partial charge in [0.2, 0.25) is 0 Å². The number of anilines is 1. The molecule has 0 heterocycles. The highest BCUT2D eigenvalue weighted by molar-refractivity contribution is 6.39. The molecule has 0 saturated carbocycles. The van der Waals surface area contributed by atoms with E-state index in [9.17, 15) is 9.59 Å². The Morgan fingerprint density at radius 3 is 2.29 bits per heavy atom. The van der Waals surface area contributed by atoms with Crippen molar-refractivity contribution in [2.24, 2.45) is 0 Å². The van der Waals surface area contributed by atoms with Crippen molar-refractivity contribution in [3.63, 3.8) is 0 Å². The van der Waals surface area contributed by atoms with Crippen LogP contribution in [0.25, 0.3) is 0 Å². The van der Waals surface area contributed by atoms with Crippen molar-refractivity contribution in [1.29, 1.82) is 0 Å².